The van der Waals surface area contributed by atoms with Gasteiger partial charge in [-0.25, -0.2) is 0 Å². The molecule has 120 valence electrons. The molecule has 1 unspecified atom stereocenters. The van der Waals surface area contributed by atoms with Crippen LogP contribution in [0.2, 0.25) is 0 Å². The van der Waals surface area contributed by atoms with Gasteiger partial charge in [-0.3, -0.25) is 9.78 Å². The van der Waals surface area contributed by atoms with Gasteiger partial charge in [-0.15, -0.1) is 0 Å². The first kappa shape index (κ1) is 15.7. The van der Waals surface area contributed by atoms with Gasteiger partial charge in [0.25, 0.3) is 5.91 Å². The van der Waals surface area contributed by atoms with Gasteiger partial charge in [-0.2, -0.15) is 0 Å². The Hall–Kier alpha value is -2.20. The molecular weight excluding hydrogens is 288 g/mol. The van der Waals surface area contributed by atoms with Crippen molar-refractivity contribution in [3.05, 3.63) is 54.4 Å². The van der Waals surface area contributed by atoms with Gasteiger partial charge >= 0.3 is 0 Å². The van der Waals surface area contributed by atoms with Crippen LogP contribution < -0.4 is 0 Å². The van der Waals surface area contributed by atoms with Crippen molar-refractivity contribution in [2.24, 2.45) is 0 Å². The first-order chi connectivity index (χ1) is 11.0. The summed E-state index contributed by atoms with van der Waals surface area (Å²) in [6.07, 6.45) is 5.13. The molecule has 1 aliphatic rings. The summed E-state index contributed by atoms with van der Waals surface area (Å²) in [6, 6.07) is 11.6. The van der Waals surface area contributed by atoms with Crippen molar-refractivity contribution in [1.29, 1.82) is 0 Å². The van der Waals surface area contributed by atoms with E-state index < -0.39 is 5.60 Å². The van der Waals surface area contributed by atoms with E-state index in [-0.39, 0.29) is 11.9 Å². The van der Waals surface area contributed by atoms with Gasteiger partial charge in [-0.1, -0.05) is 30.3 Å². The molecule has 1 amide bonds. The summed E-state index contributed by atoms with van der Waals surface area (Å²) in [4.78, 5) is 18.9. The molecule has 1 saturated heterocycles. The van der Waals surface area contributed by atoms with Crippen molar-refractivity contribution in [2.45, 2.75) is 38.3 Å². The molecule has 3 rings (SSSR count). The first-order valence-electron chi connectivity index (χ1n) is 8.00. The lowest BCUT2D eigenvalue weighted by atomic mass is 9.96. The monoisotopic (exact) mass is 310 g/mol. The SMILES string of the molecule is CC(C)(O)C1CCCN1C(=O)c1cncc(-c2ccccc2)c1. The largest absolute Gasteiger partial charge is 0.388 e. The van der Waals surface area contributed by atoms with E-state index in [9.17, 15) is 9.90 Å². The first-order valence-corrected chi connectivity index (χ1v) is 8.00. The second-order valence-electron chi connectivity index (χ2n) is 6.64. The van der Waals surface area contributed by atoms with Crippen LogP contribution in [0.3, 0.4) is 0 Å². The topological polar surface area (TPSA) is 53.4 Å². The van der Waals surface area contributed by atoms with Crippen LogP contribution in [0.5, 0.6) is 0 Å². The maximum atomic E-state index is 12.9. The maximum absolute atomic E-state index is 12.9. The minimum Gasteiger partial charge on any atom is -0.388 e. The number of hydrogen-bond acceptors (Lipinski definition) is 3. The Bertz CT molecular complexity index is 692. The van der Waals surface area contributed by atoms with Crippen LogP contribution in [-0.4, -0.2) is 39.1 Å². The summed E-state index contributed by atoms with van der Waals surface area (Å²) in [5.41, 5.74) is 1.64. The van der Waals surface area contributed by atoms with E-state index in [0.29, 0.717) is 12.1 Å². The number of aromatic nitrogens is 1. The maximum Gasteiger partial charge on any atom is 0.255 e. The minimum absolute atomic E-state index is 0.0556. The van der Waals surface area contributed by atoms with E-state index in [1.54, 1.807) is 31.1 Å². The molecule has 1 aliphatic heterocycles. The Morgan fingerprint density at radius 1 is 1.22 bits per heavy atom. The van der Waals surface area contributed by atoms with Gasteiger partial charge in [0, 0.05) is 24.5 Å². The number of likely N-dealkylation sites (tertiary alicyclic amines) is 1. The molecule has 23 heavy (non-hydrogen) atoms. The van der Waals surface area contributed by atoms with Gasteiger partial charge in [0.15, 0.2) is 0 Å². The number of hydrogen-bond donors (Lipinski definition) is 1. The zero-order valence-corrected chi connectivity index (χ0v) is 13.6. The highest BCUT2D eigenvalue weighted by Gasteiger charge is 2.38. The van der Waals surface area contributed by atoms with Crippen molar-refractivity contribution in [3.63, 3.8) is 0 Å². The highest BCUT2D eigenvalue weighted by Crippen LogP contribution is 2.29. The molecule has 1 atom stereocenters. The third-order valence-corrected chi connectivity index (χ3v) is 4.42. The molecule has 0 saturated carbocycles. The lowest BCUT2D eigenvalue weighted by Gasteiger charge is -2.33. The van der Waals surface area contributed by atoms with Crippen LogP contribution in [0.4, 0.5) is 0 Å². The number of carbonyl (C=O) groups excluding carboxylic acids is 1. The molecule has 2 heterocycles. The highest BCUT2D eigenvalue weighted by molar-refractivity contribution is 5.95. The molecule has 2 aromatic rings. The Labute approximate surface area is 136 Å². The Balaban J connectivity index is 1.89. The van der Waals surface area contributed by atoms with Gasteiger partial charge < -0.3 is 10.0 Å². The van der Waals surface area contributed by atoms with Crippen LogP contribution in [0.25, 0.3) is 11.1 Å². The summed E-state index contributed by atoms with van der Waals surface area (Å²) < 4.78 is 0. The lowest BCUT2D eigenvalue weighted by molar-refractivity contribution is 0.000322. The van der Waals surface area contributed by atoms with Gasteiger partial charge in [-0.05, 0) is 38.3 Å². The normalized spacial score (nSPS) is 18.2. The van der Waals surface area contributed by atoms with Crippen molar-refractivity contribution >= 4 is 5.91 Å². The van der Waals surface area contributed by atoms with Crippen LogP contribution >= 0.6 is 0 Å². The second-order valence-corrected chi connectivity index (χ2v) is 6.64. The van der Waals surface area contributed by atoms with Crippen molar-refractivity contribution < 1.29 is 9.90 Å². The molecule has 1 aromatic carbocycles. The van der Waals surface area contributed by atoms with Crippen molar-refractivity contribution in [2.75, 3.05) is 6.54 Å². The Kier molecular flexibility index (Phi) is 4.18. The standard InChI is InChI=1S/C19H22N2O2/c1-19(2,23)17-9-6-10-21(17)18(22)16-11-15(12-20-13-16)14-7-4-3-5-8-14/h3-5,7-8,11-13,17,23H,6,9-10H2,1-2H3. The lowest BCUT2D eigenvalue weighted by Crippen LogP contribution is -2.48. The van der Waals surface area contributed by atoms with E-state index in [1.165, 1.54) is 0 Å². The van der Waals surface area contributed by atoms with Gasteiger partial charge in [0.2, 0.25) is 0 Å². The Morgan fingerprint density at radius 3 is 2.65 bits per heavy atom. The van der Waals surface area contributed by atoms with E-state index >= 15 is 0 Å². The number of amides is 1. The van der Waals surface area contributed by atoms with E-state index in [2.05, 4.69) is 4.98 Å². The molecular formula is C19H22N2O2. The zero-order valence-electron chi connectivity index (χ0n) is 13.6. The van der Waals surface area contributed by atoms with Crippen LogP contribution in [-0.2, 0) is 0 Å². The van der Waals surface area contributed by atoms with Crippen LogP contribution in [0.1, 0.15) is 37.0 Å². The summed E-state index contributed by atoms with van der Waals surface area (Å²) >= 11 is 0. The zero-order chi connectivity index (χ0) is 16.4. The summed E-state index contributed by atoms with van der Waals surface area (Å²) in [6.45, 7) is 4.22. The fourth-order valence-electron chi connectivity index (χ4n) is 3.26. The molecule has 4 heteroatoms. The van der Waals surface area contributed by atoms with E-state index in [0.717, 1.165) is 24.0 Å². The quantitative estimate of drug-likeness (QED) is 0.947. The minimum atomic E-state index is -0.892. The van der Waals surface area contributed by atoms with Gasteiger partial charge in [0.1, 0.15) is 0 Å². The third kappa shape index (κ3) is 3.27. The number of rotatable bonds is 3. The smallest absolute Gasteiger partial charge is 0.255 e. The number of carbonyl (C=O) groups is 1. The molecule has 0 bridgehead atoms. The van der Waals surface area contributed by atoms with Crippen LogP contribution in [0, 0.1) is 0 Å². The molecule has 1 fully saturated rings. The van der Waals surface area contributed by atoms with E-state index in [4.69, 9.17) is 0 Å². The van der Waals surface area contributed by atoms with Crippen molar-refractivity contribution in [1.82, 2.24) is 9.88 Å². The van der Waals surface area contributed by atoms with Gasteiger partial charge in [0.05, 0.1) is 17.2 Å². The molecule has 1 aromatic heterocycles. The average Bonchev–Trinajstić information content (AvgIpc) is 3.05. The summed E-state index contributed by atoms with van der Waals surface area (Å²) in [5.74, 6) is -0.0556. The highest BCUT2D eigenvalue weighted by atomic mass is 16.3. The number of aliphatic hydroxyl groups is 1. The fourth-order valence-corrected chi connectivity index (χ4v) is 3.26. The van der Waals surface area contributed by atoms with E-state index in [1.807, 2.05) is 36.4 Å². The summed E-state index contributed by atoms with van der Waals surface area (Å²) in [7, 11) is 0. The molecule has 1 N–H and O–H groups in total. The molecule has 4 nitrogen and oxygen atoms in total. The number of benzene rings is 1. The summed E-state index contributed by atoms with van der Waals surface area (Å²) in [5, 5.41) is 10.3. The predicted molar refractivity (Wildman–Crippen MR) is 90.0 cm³/mol. The third-order valence-electron chi connectivity index (χ3n) is 4.42. The molecule has 0 radical (unpaired) electrons. The number of nitrogens with zero attached hydrogens (tertiary/aromatic N) is 2. The fraction of sp³-hybridized carbons (Fsp3) is 0.368. The molecule has 0 spiro atoms. The van der Waals surface area contributed by atoms with Crippen LogP contribution in [0.15, 0.2) is 48.8 Å². The average molecular weight is 310 g/mol. The van der Waals surface area contributed by atoms with Crippen molar-refractivity contribution in [3.8, 4) is 11.1 Å². The predicted octanol–water partition coefficient (Wildman–Crippen LogP) is 3.12. The second kappa shape index (κ2) is 6.13. The molecule has 0 aliphatic carbocycles. The Morgan fingerprint density at radius 2 is 1.96 bits per heavy atom. The number of pyridine rings is 1.